The predicted molar refractivity (Wildman–Crippen MR) is 131 cm³/mol. The fraction of sp³-hybridized carbons (Fsp3) is 0.808. The highest BCUT2D eigenvalue weighted by atomic mass is 16.2. The van der Waals surface area contributed by atoms with Crippen LogP contribution in [0.2, 0.25) is 0 Å². The number of amides is 1. The van der Waals surface area contributed by atoms with Gasteiger partial charge in [0.2, 0.25) is 5.91 Å². The first-order chi connectivity index (χ1) is 14.9. The van der Waals surface area contributed by atoms with E-state index in [4.69, 9.17) is 4.98 Å². The molecule has 0 unspecified atom stereocenters. The first-order valence-corrected chi connectivity index (χ1v) is 12.8. The van der Waals surface area contributed by atoms with Gasteiger partial charge in [-0.3, -0.25) is 4.79 Å². The summed E-state index contributed by atoms with van der Waals surface area (Å²) in [6, 6.07) is 0. The Morgan fingerprint density at radius 2 is 1.52 bits per heavy atom. The molecule has 0 N–H and O–H groups in total. The van der Waals surface area contributed by atoms with Crippen LogP contribution < -0.4 is 4.90 Å². The molecule has 0 atom stereocenters. The molecule has 0 aliphatic carbocycles. The van der Waals surface area contributed by atoms with Gasteiger partial charge in [-0.15, -0.1) is 0 Å². The maximum Gasteiger partial charge on any atom is 0.222 e. The van der Waals surface area contributed by atoms with Gasteiger partial charge < -0.3 is 9.80 Å². The van der Waals surface area contributed by atoms with Crippen LogP contribution >= 0.6 is 0 Å². The third-order valence-electron chi connectivity index (χ3n) is 6.45. The van der Waals surface area contributed by atoms with Crippen LogP contribution in [0.25, 0.3) is 0 Å². The Labute approximate surface area is 191 Å². The third kappa shape index (κ3) is 8.42. The van der Waals surface area contributed by atoms with Crippen molar-refractivity contribution in [3.05, 3.63) is 17.1 Å². The van der Waals surface area contributed by atoms with Crippen molar-refractivity contribution < 1.29 is 4.79 Å². The van der Waals surface area contributed by atoms with Crippen LogP contribution in [0.3, 0.4) is 0 Å². The molecule has 1 aromatic heterocycles. The lowest BCUT2D eigenvalue weighted by Crippen LogP contribution is -2.35. The van der Waals surface area contributed by atoms with Gasteiger partial charge in [0.1, 0.15) is 11.6 Å². The van der Waals surface area contributed by atoms with E-state index in [1.165, 1.54) is 56.9 Å². The van der Waals surface area contributed by atoms with Gasteiger partial charge in [-0.2, -0.15) is 0 Å². The van der Waals surface area contributed by atoms with E-state index in [1.54, 1.807) is 0 Å². The molecular weight excluding hydrogens is 384 g/mol. The summed E-state index contributed by atoms with van der Waals surface area (Å²) in [5.41, 5.74) is 2.33. The molecule has 0 spiro atoms. The number of hydrogen-bond acceptors (Lipinski definition) is 4. The van der Waals surface area contributed by atoms with Crippen molar-refractivity contribution in [1.29, 1.82) is 0 Å². The summed E-state index contributed by atoms with van der Waals surface area (Å²) < 4.78 is 0. The van der Waals surface area contributed by atoms with Crippen LogP contribution in [-0.4, -0.2) is 47.0 Å². The van der Waals surface area contributed by atoms with Crippen LogP contribution in [-0.2, 0) is 4.79 Å². The van der Waals surface area contributed by atoms with E-state index in [0.717, 1.165) is 56.4 Å². The van der Waals surface area contributed by atoms with E-state index >= 15 is 0 Å². The highest BCUT2D eigenvalue weighted by Crippen LogP contribution is 2.29. The Kier molecular flexibility index (Phi) is 11.3. The van der Waals surface area contributed by atoms with Crippen molar-refractivity contribution in [2.24, 2.45) is 0 Å². The summed E-state index contributed by atoms with van der Waals surface area (Å²) >= 11 is 0. The summed E-state index contributed by atoms with van der Waals surface area (Å²) in [6.07, 6.45) is 13.3. The second-order valence-electron chi connectivity index (χ2n) is 9.55. The van der Waals surface area contributed by atoms with Gasteiger partial charge in [-0.1, -0.05) is 72.1 Å². The predicted octanol–water partition coefficient (Wildman–Crippen LogP) is 6.18. The molecule has 2 heterocycles. The molecule has 1 saturated heterocycles. The van der Waals surface area contributed by atoms with E-state index in [1.807, 2.05) is 6.92 Å². The summed E-state index contributed by atoms with van der Waals surface area (Å²) in [6.45, 7) is 14.2. The molecule has 1 aliphatic rings. The SMILES string of the molecule is CCCCCCCCCCCC(=O)N1CCCN(c2nc(C)nc(C)c2C(C)C)CC1. The quantitative estimate of drug-likeness (QED) is 0.372. The second kappa shape index (κ2) is 13.7. The molecule has 5 nitrogen and oxygen atoms in total. The van der Waals surface area contributed by atoms with Crippen LogP contribution in [0.5, 0.6) is 0 Å². The fourth-order valence-corrected chi connectivity index (χ4v) is 4.74. The van der Waals surface area contributed by atoms with Crippen LogP contribution in [0, 0.1) is 13.8 Å². The Morgan fingerprint density at radius 3 is 2.16 bits per heavy atom. The lowest BCUT2D eigenvalue weighted by Gasteiger charge is -2.27. The topological polar surface area (TPSA) is 49.3 Å². The number of rotatable bonds is 12. The number of aromatic nitrogens is 2. The Morgan fingerprint density at radius 1 is 0.871 bits per heavy atom. The molecule has 0 saturated carbocycles. The van der Waals surface area contributed by atoms with Crippen LogP contribution in [0.15, 0.2) is 0 Å². The standard InChI is InChI=1S/C26H46N4O/c1-6-7-8-9-10-11-12-13-14-16-24(31)29-17-15-18-30(20-19-29)26-25(21(2)3)22(4)27-23(5)28-26/h21H,6-20H2,1-5H3. The first kappa shape index (κ1) is 25.6. The maximum atomic E-state index is 12.8. The van der Waals surface area contributed by atoms with Crippen LogP contribution in [0.1, 0.15) is 114 Å². The number of carbonyl (C=O) groups is 1. The molecule has 5 heteroatoms. The van der Waals surface area contributed by atoms with Crippen molar-refractivity contribution >= 4 is 11.7 Å². The summed E-state index contributed by atoms with van der Waals surface area (Å²) in [7, 11) is 0. The molecule has 2 rings (SSSR count). The smallest absolute Gasteiger partial charge is 0.222 e. The number of aryl methyl sites for hydroxylation is 2. The van der Waals surface area contributed by atoms with Crippen molar-refractivity contribution in [3.8, 4) is 0 Å². The van der Waals surface area contributed by atoms with Gasteiger partial charge >= 0.3 is 0 Å². The van der Waals surface area contributed by atoms with E-state index in [9.17, 15) is 4.79 Å². The van der Waals surface area contributed by atoms with Gasteiger partial charge in [0.25, 0.3) is 0 Å². The normalized spacial score (nSPS) is 14.9. The summed E-state index contributed by atoms with van der Waals surface area (Å²) in [5.74, 6) is 2.64. The van der Waals surface area contributed by atoms with E-state index in [-0.39, 0.29) is 0 Å². The van der Waals surface area contributed by atoms with Crippen molar-refractivity contribution in [3.63, 3.8) is 0 Å². The van der Waals surface area contributed by atoms with E-state index in [0.29, 0.717) is 18.2 Å². The fourth-order valence-electron chi connectivity index (χ4n) is 4.74. The number of unbranched alkanes of at least 4 members (excludes halogenated alkanes) is 8. The average molecular weight is 431 g/mol. The molecule has 0 bridgehead atoms. The van der Waals surface area contributed by atoms with E-state index in [2.05, 4.69) is 42.5 Å². The molecular formula is C26H46N4O. The largest absolute Gasteiger partial charge is 0.354 e. The second-order valence-corrected chi connectivity index (χ2v) is 9.55. The minimum atomic E-state index is 0.337. The lowest BCUT2D eigenvalue weighted by molar-refractivity contribution is -0.131. The molecule has 1 aromatic rings. The van der Waals surface area contributed by atoms with Gasteiger partial charge in [-0.05, 0) is 32.6 Å². The van der Waals surface area contributed by atoms with Crippen LogP contribution in [0.4, 0.5) is 5.82 Å². The van der Waals surface area contributed by atoms with Crippen molar-refractivity contribution in [2.75, 3.05) is 31.1 Å². The molecule has 31 heavy (non-hydrogen) atoms. The zero-order valence-corrected chi connectivity index (χ0v) is 20.9. The van der Waals surface area contributed by atoms with Gasteiger partial charge in [0.05, 0.1) is 0 Å². The summed E-state index contributed by atoms with van der Waals surface area (Å²) in [4.78, 5) is 26.6. The first-order valence-electron chi connectivity index (χ1n) is 12.8. The Bertz CT molecular complexity index is 674. The monoisotopic (exact) mass is 430 g/mol. The number of carbonyl (C=O) groups excluding carboxylic acids is 1. The highest BCUT2D eigenvalue weighted by molar-refractivity contribution is 5.76. The Balaban J connectivity index is 1.77. The van der Waals surface area contributed by atoms with Crippen molar-refractivity contribution in [1.82, 2.24) is 14.9 Å². The number of hydrogen-bond donors (Lipinski definition) is 0. The molecule has 0 radical (unpaired) electrons. The van der Waals surface area contributed by atoms with Gasteiger partial charge in [-0.25, -0.2) is 9.97 Å². The third-order valence-corrected chi connectivity index (χ3v) is 6.45. The van der Waals surface area contributed by atoms with E-state index < -0.39 is 0 Å². The minimum absolute atomic E-state index is 0.337. The molecule has 1 fully saturated rings. The summed E-state index contributed by atoms with van der Waals surface area (Å²) in [5, 5.41) is 0. The molecule has 1 amide bonds. The van der Waals surface area contributed by atoms with Gasteiger partial charge in [0.15, 0.2) is 0 Å². The maximum absolute atomic E-state index is 12.8. The molecule has 0 aromatic carbocycles. The highest BCUT2D eigenvalue weighted by Gasteiger charge is 2.23. The van der Waals surface area contributed by atoms with Crippen molar-refractivity contribution in [2.45, 2.75) is 111 Å². The Hall–Kier alpha value is -1.65. The van der Waals surface area contributed by atoms with Gasteiger partial charge in [0, 0.05) is 43.9 Å². The lowest BCUT2D eigenvalue weighted by atomic mass is 10.0. The molecule has 1 aliphatic heterocycles. The number of nitrogens with zero attached hydrogens (tertiary/aromatic N) is 4. The average Bonchev–Trinajstić information content (AvgIpc) is 2.98. The zero-order chi connectivity index (χ0) is 22.6. The molecule has 176 valence electrons. The minimum Gasteiger partial charge on any atom is -0.354 e. The zero-order valence-electron chi connectivity index (χ0n) is 20.9. The number of anilines is 1.